The molecule has 0 bridgehead atoms. The van der Waals surface area contributed by atoms with Crippen LogP contribution in [0.5, 0.6) is 0 Å². The van der Waals surface area contributed by atoms with Gasteiger partial charge in [0.25, 0.3) is 0 Å². The van der Waals surface area contributed by atoms with Crippen molar-refractivity contribution in [3.63, 3.8) is 0 Å². The van der Waals surface area contributed by atoms with Crippen molar-refractivity contribution in [3.8, 4) is 0 Å². The number of nitrogens with two attached hydrogens (primary N) is 1. The zero-order chi connectivity index (χ0) is 13.7. The largest absolute Gasteiger partial charge is 0.368 e. The Morgan fingerprint density at radius 1 is 1.32 bits per heavy atom. The third kappa shape index (κ3) is 3.69. The van der Waals surface area contributed by atoms with Gasteiger partial charge in [-0.15, -0.1) is 0 Å². The summed E-state index contributed by atoms with van der Waals surface area (Å²) in [6.07, 6.45) is 6.87. The average Bonchev–Trinajstić information content (AvgIpc) is 2.39. The monoisotopic (exact) mass is 264 g/mol. The minimum atomic E-state index is -0.137. The van der Waals surface area contributed by atoms with Gasteiger partial charge >= 0.3 is 0 Å². The van der Waals surface area contributed by atoms with Crippen LogP contribution in [-0.2, 0) is 6.42 Å². The first-order chi connectivity index (χ1) is 9.24. The Morgan fingerprint density at radius 3 is 2.89 bits per heavy atom. The Labute approximate surface area is 115 Å². The number of anilines is 1. The molecule has 1 aliphatic heterocycles. The molecule has 0 spiro atoms. The van der Waals surface area contributed by atoms with Crippen molar-refractivity contribution < 1.29 is 4.39 Å². The summed E-state index contributed by atoms with van der Waals surface area (Å²) in [6, 6.07) is 5.97. The summed E-state index contributed by atoms with van der Waals surface area (Å²) >= 11 is 0. The van der Waals surface area contributed by atoms with Gasteiger partial charge in [-0.3, -0.25) is 0 Å². The molecule has 0 saturated carbocycles. The molecule has 19 heavy (non-hydrogen) atoms. The van der Waals surface area contributed by atoms with Crippen LogP contribution in [0.3, 0.4) is 0 Å². The van der Waals surface area contributed by atoms with Crippen LogP contribution < -0.4 is 10.6 Å². The summed E-state index contributed by atoms with van der Waals surface area (Å²) in [4.78, 5) is 2.40. The molecule has 1 unspecified atom stereocenters. The summed E-state index contributed by atoms with van der Waals surface area (Å²) < 4.78 is 13.8. The van der Waals surface area contributed by atoms with Crippen molar-refractivity contribution in [2.75, 3.05) is 18.0 Å². The maximum atomic E-state index is 13.8. The number of piperidine rings is 1. The van der Waals surface area contributed by atoms with Gasteiger partial charge in [-0.05, 0) is 62.4 Å². The number of nitrogens with zero attached hydrogens (tertiary/aromatic N) is 1. The van der Waals surface area contributed by atoms with Crippen LogP contribution in [0.15, 0.2) is 18.2 Å². The van der Waals surface area contributed by atoms with Gasteiger partial charge in [0.15, 0.2) is 0 Å². The third-order valence-corrected chi connectivity index (χ3v) is 3.96. The molecule has 0 radical (unpaired) electrons. The van der Waals surface area contributed by atoms with E-state index < -0.39 is 0 Å². The second-order valence-corrected chi connectivity index (χ2v) is 5.49. The first-order valence-electron chi connectivity index (χ1n) is 7.50. The molecular weight excluding hydrogens is 239 g/mol. The van der Waals surface area contributed by atoms with Gasteiger partial charge in [-0.1, -0.05) is 13.3 Å². The summed E-state index contributed by atoms with van der Waals surface area (Å²) in [7, 11) is 0. The highest BCUT2D eigenvalue weighted by atomic mass is 19.1. The van der Waals surface area contributed by atoms with E-state index in [2.05, 4.69) is 17.9 Å². The molecule has 1 fully saturated rings. The third-order valence-electron chi connectivity index (χ3n) is 3.96. The first-order valence-corrected chi connectivity index (χ1v) is 7.50. The highest BCUT2D eigenvalue weighted by molar-refractivity contribution is 5.50. The highest BCUT2D eigenvalue weighted by Gasteiger charge is 2.22. The van der Waals surface area contributed by atoms with E-state index in [1.807, 2.05) is 0 Å². The molecular formula is C16H25FN2. The minimum Gasteiger partial charge on any atom is -0.368 e. The summed E-state index contributed by atoms with van der Waals surface area (Å²) in [5.74, 6) is -0.137. The lowest BCUT2D eigenvalue weighted by molar-refractivity contribution is 0.434. The van der Waals surface area contributed by atoms with Crippen LogP contribution in [0.2, 0.25) is 0 Å². The quantitative estimate of drug-likeness (QED) is 0.882. The maximum absolute atomic E-state index is 13.8. The molecule has 1 aromatic carbocycles. The Balaban J connectivity index is 2.22. The van der Waals surface area contributed by atoms with Crippen molar-refractivity contribution in [1.82, 2.24) is 0 Å². The lowest BCUT2D eigenvalue weighted by Crippen LogP contribution is -2.39. The topological polar surface area (TPSA) is 29.3 Å². The van der Waals surface area contributed by atoms with E-state index >= 15 is 0 Å². The number of benzene rings is 1. The smallest absolute Gasteiger partial charge is 0.125 e. The zero-order valence-electron chi connectivity index (χ0n) is 11.9. The second-order valence-electron chi connectivity index (χ2n) is 5.49. The molecule has 1 saturated heterocycles. The first kappa shape index (κ1) is 14.3. The van der Waals surface area contributed by atoms with E-state index in [-0.39, 0.29) is 5.82 Å². The number of hydrogen-bond donors (Lipinski definition) is 1. The molecule has 2 nitrogen and oxygen atoms in total. The molecule has 2 rings (SSSR count). The molecule has 0 aromatic heterocycles. The Hall–Kier alpha value is -1.09. The van der Waals surface area contributed by atoms with Crippen LogP contribution >= 0.6 is 0 Å². The van der Waals surface area contributed by atoms with Crippen LogP contribution in [0.4, 0.5) is 10.1 Å². The van der Waals surface area contributed by atoms with Crippen molar-refractivity contribution in [2.45, 2.75) is 51.5 Å². The SMILES string of the molecule is CCCC1CCCCN1c1cc(F)cc(CCN)c1. The van der Waals surface area contributed by atoms with Crippen molar-refractivity contribution in [2.24, 2.45) is 5.73 Å². The Bertz CT molecular complexity index is 404. The number of rotatable bonds is 5. The molecule has 3 heteroatoms. The predicted molar refractivity (Wildman–Crippen MR) is 79.1 cm³/mol. The molecule has 0 amide bonds. The average molecular weight is 264 g/mol. The van der Waals surface area contributed by atoms with Crippen LogP contribution in [0, 0.1) is 5.82 Å². The van der Waals surface area contributed by atoms with Crippen LogP contribution in [0.25, 0.3) is 0 Å². The molecule has 0 aliphatic carbocycles. The van der Waals surface area contributed by atoms with Gasteiger partial charge in [0, 0.05) is 18.3 Å². The van der Waals surface area contributed by atoms with Crippen LogP contribution in [0.1, 0.15) is 44.6 Å². The highest BCUT2D eigenvalue weighted by Crippen LogP contribution is 2.28. The molecule has 1 atom stereocenters. The lowest BCUT2D eigenvalue weighted by Gasteiger charge is -2.38. The fourth-order valence-corrected chi connectivity index (χ4v) is 3.08. The summed E-state index contributed by atoms with van der Waals surface area (Å²) in [5.41, 5.74) is 7.63. The number of halogens is 1. The summed E-state index contributed by atoms with van der Waals surface area (Å²) in [5, 5.41) is 0. The van der Waals surface area contributed by atoms with E-state index in [0.717, 1.165) is 24.2 Å². The van der Waals surface area contributed by atoms with E-state index in [1.165, 1.54) is 32.1 Å². The molecule has 106 valence electrons. The second kappa shape index (κ2) is 6.90. The van der Waals surface area contributed by atoms with Gasteiger partial charge in [0.1, 0.15) is 5.82 Å². The van der Waals surface area contributed by atoms with Gasteiger partial charge in [0.05, 0.1) is 0 Å². The van der Waals surface area contributed by atoms with Crippen molar-refractivity contribution in [3.05, 3.63) is 29.6 Å². The molecule has 1 aromatic rings. The number of hydrogen-bond acceptors (Lipinski definition) is 2. The van der Waals surface area contributed by atoms with Crippen molar-refractivity contribution in [1.29, 1.82) is 0 Å². The van der Waals surface area contributed by atoms with E-state index in [0.29, 0.717) is 12.6 Å². The fraction of sp³-hybridized carbons (Fsp3) is 0.625. The Kier molecular flexibility index (Phi) is 5.20. The predicted octanol–water partition coefficient (Wildman–Crippen LogP) is 3.49. The molecule has 1 heterocycles. The minimum absolute atomic E-state index is 0.137. The van der Waals surface area contributed by atoms with E-state index in [9.17, 15) is 4.39 Å². The Morgan fingerprint density at radius 2 is 2.16 bits per heavy atom. The van der Waals surface area contributed by atoms with Crippen molar-refractivity contribution >= 4 is 5.69 Å². The van der Waals surface area contributed by atoms with E-state index in [4.69, 9.17) is 5.73 Å². The van der Waals surface area contributed by atoms with Gasteiger partial charge in [-0.2, -0.15) is 0 Å². The van der Waals surface area contributed by atoms with Gasteiger partial charge < -0.3 is 10.6 Å². The molecule has 1 aliphatic rings. The van der Waals surface area contributed by atoms with E-state index in [1.54, 1.807) is 12.1 Å². The maximum Gasteiger partial charge on any atom is 0.125 e. The van der Waals surface area contributed by atoms with Gasteiger partial charge in [0.2, 0.25) is 0 Å². The zero-order valence-corrected chi connectivity index (χ0v) is 11.9. The normalized spacial score (nSPS) is 19.7. The van der Waals surface area contributed by atoms with Gasteiger partial charge in [-0.25, -0.2) is 4.39 Å². The molecule has 2 N–H and O–H groups in total. The fourth-order valence-electron chi connectivity index (χ4n) is 3.08. The standard InChI is InChI=1S/C16H25FN2/c1-2-5-15-6-3-4-9-19(15)16-11-13(7-8-18)10-14(17)12-16/h10-12,15H,2-9,18H2,1H3. The lowest BCUT2D eigenvalue weighted by atomic mass is 9.97. The summed E-state index contributed by atoms with van der Waals surface area (Å²) in [6.45, 7) is 3.84. The van der Waals surface area contributed by atoms with Crippen LogP contribution in [-0.4, -0.2) is 19.1 Å².